The van der Waals surface area contributed by atoms with Crippen molar-refractivity contribution in [3.05, 3.63) is 96.5 Å². The van der Waals surface area contributed by atoms with Gasteiger partial charge in [0.15, 0.2) is 12.2 Å². The number of amides is 1. The van der Waals surface area contributed by atoms with Crippen molar-refractivity contribution < 1.29 is 17.6 Å². The molecule has 0 atom stereocenters. The first-order valence-electron chi connectivity index (χ1n) is 10.5. The maximum atomic E-state index is 13.4. The van der Waals surface area contributed by atoms with Crippen molar-refractivity contribution in [3.63, 3.8) is 0 Å². The number of aryl methyl sites for hydroxylation is 1. The van der Waals surface area contributed by atoms with Gasteiger partial charge in [0.2, 0.25) is 0 Å². The van der Waals surface area contributed by atoms with Crippen molar-refractivity contribution in [2.75, 3.05) is 16.2 Å². The van der Waals surface area contributed by atoms with E-state index < -0.39 is 15.9 Å². The third-order valence-electron chi connectivity index (χ3n) is 5.59. The molecule has 1 N–H and O–H groups in total. The molecule has 0 aliphatic carbocycles. The number of sulfonamides is 1. The summed E-state index contributed by atoms with van der Waals surface area (Å²) in [6.45, 7) is 0.407. The molecule has 8 heteroatoms. The zero-order valence-electron chi connectivity index (χ0n) is 17.6. The zero-order chi connectivity index (χ0) is 22.8. The SMILES string of the molecule is O=C(Nc1cccc(-c2cnco2)c1)c1cccc(S(=O)(=O)N2CCCc3ccccc32)c1. The van der Waals surface area contributed by atoms with E-state index in [1.165, 1.54) is 22.8 Å². The van der Waals surface area contributed by atoms with E-state index in [0.717, 1.165) is 24.0 Å². The van der Waals surface area contributed by atoms with Gasteiger partial charge in [-0.25, -0.2) is 13.4 Å². The first kappa shape index (κ1) is 21.0. The first-order chi connectivity index (χ1) is 16.0. The van der Waals surface area contributed by atoms with E-state index in [9.17, 15) is 13.2 Å². The van der Waals surface area contributed by atoms with Gasteiger partial charge in [0.1, 0.15) is 0 Å². The zero-order valence-corrected chi connectivity index (χ0v) is 18.5. The van der Waals surface area contributed by atoms with Crippen LogP contribution in [0.3, 0.4) is 0 Å². The molecule has 3 aromatic carbocycles. The van der Waals surface area contributed by atoms with Gasteiger partial charge in [0.05, 0.1) is 16.8 Å². The Morgan fingerprint density at radius 3 is 2.70 bits per heavy atom. The van der Waals surface area contributed by atoms with E-state index in [1.807, 2.05) is 30.3 Å². The van der Waals surface area contributed by atoms with Crippen LogP contribution in [0.5, 0.6) is 0 Å². The van der Waals surface area contributed by atoms with Crippen molar-refractivity contribution in [2.24, 2.45) is 0 Å². The van der Waals surface area contributed by atoms with Gasteiger partial charge in [-0.15, -0.1) is 0 Å². The molecule has 33 heavy (non-hydrogen) atoms. The Balaban J connectivity index is 1.41. The summed E-state index contributed by atoms with van der Waals surface area (Å²) in [7, 11) is -3.81. The highest BCUT2D eigenvalue weighted by Gasteiger charge is 2.29. The Hall–Kier alpha value is -3.91. The Morgan fingerprint density at radius 1 is 1.00 bits per heavy atom. The van der Waals surface area contributed by atoms with E-state index in [2.05, 4.69) is 10.3 Å². The third-order valence-corrected chi connectivity index (χ3v) is 7.40. The standard InChI is InChI=1S/C25H21N3O4S/c29-25(27-21-10-3-7-19(14-21)24-16-26-17-32-24)20-8-4-11-22(15-20)33(30,31)28-13-5-9-18-6-1-2-12-23(18)28/h1-4,6-8,10-12,14-17H,5,9,13H2,(H,27,29). The largest absolute Gasteiger partial charge is 0.444 e. The molecule has 1 amide bonds. The first-order valence-corrected chi connectivity index (χ1v) is 12.0. The predicted molar refractivity (Wildman–Crippen MR) is 126 cm³/mol. The summed E-state index contributed by atoms with van der Waals surface area (Å²) in [5.74, 6) is 0.182. The van der Waals surface area contributed by atoms with Crippen molar-refractivity contribution in [2.45, 2.75) is 17.7 Å². The molecule has 166 valence electrons. The molecule has 0 unspecified atom stereocenters. The minimum Gasteiger partial charge on any atom is -0.444 e. The van der Waals surface area contributed by atoms with Crippen LogP contribution in [0.1, 0.15) is 22.3 Å². The number of fused-ring (bicyclic) bond motifs is 1. The maximum Gasteiger partial charge on any atom is 0.264 e. The van der Waals surface area contributed by atoms with Crippen LogP contribution in [-0.2, 0) is 16.4 Å². The van der Waals surface area contributed by atoms with Gasteiger partial charge < -0.3 is 9.73 Å². The Kier molecular flexibility index (Phi) is 5.43. The molecule has 0 fully saturated rings. The third kappa shape index (κ3) is 4.12. The Morgan fingerprint density at radius 2 is 1.85 bits per heavy atom. The van der Waals surface area contributed by atoms with Crippen LogP contribution in [0.25, 0.3) is 11.3 Å². The fourth-order valence-electron chi connectivity index (χ4n) is 3.99. The maximum absolute atomic E-state index is 13.4. The van der Waals surface area contributed by atoms with Gasteiger partial charge in [-0.1, -0.05) is 36.4 Å². The summed E-state index contributed by atoms with van der Waals surface area (Å²) < 4.78 is 33.6. The second kappa shape index (κ2) is 8.55. The minimum atomic E-state index is -3.81. The molecular weight excluding hydrogens is 438 g/mol. The number of para-hydroxylation sites is 1. The molecule has 1 aliphatic heterocycles. The number of anilines is 2. The number of nitrogens with zero attached hydrogens (tertiary/aromatic N) is 2. The molecule has 1 aromatic heterocycles. The van der Waals surface area contributed by atoms with E-state index in [0.29, 0.717) is 23.7 Å². The number of carbonyl (C=O) groups is 1. The second-order valence-electron chi connectivity index (χ2n) is 7.74. The lowest BCUT2D eigenvalue weighted by Gasteiger charge is -2.30. The van der Waals surface area contributed by atoms with Gasteiger partial charge in [-0.3, -0.25) is 9.10 Å². The topological polar surface area (TPSA) is 92.5 Å². The second-order valence-corrected chi connectivity index (χ2v) is 9.60. The molecule has 4 aromatic rings. The number of hydrogen-bond acceptors (Lipinski definition) is 5. The van der Waals surface area contributed by atoms with Crippen LogP contribution in [0.4, 0.5) is 11.4 Å². The number of carbonyl (C=O) groups excluding carboxylic acids is 1. The molecule has 0 bridgehead atoms. The van der Waals surface area contributed by atoms with Crippen LogP contribution >= 0.6 is 0 Å². The average Bonchev–Trinajstić information content (AvgIpc) is 3.39. The molecule has 1 aliphatic rings. The summed E-state index contributed by atoms with van der Waals surface area (Å²) in [5.41, 5.74) is 3.29. The highest BCUT2D eigenvalue weighted by Crippen LogP contribution is 2.32. The highest BCUT2D eigenvalue weighted by atomic mass is 32.2. The van der Waals surface area contributed by atoms with Crippen molar-refractivity contribution in [1.82, 2.24) is 4.98 Å². The lowest BCUT2D eigenvalue weighted by Crippen LogP contribution is -2.35. The van der Waals surface area contributed by atoms with Gasteiger partial charge in [0.25, 0.3) is 15.9 Å². The summed E-state index contributed by atoms with van der Waals surface area (Å²) in [5, 5.41) is 2.82. The number of rotatable bonds is 5. The summed E-state index contributed by atoms with van der Waals surface area (Å²) >= 11 is 0. The van der Waals surface area contributed by atoms with Gasteiger partial charge in [-0.05, 0) is 54.8 Å². The van der Waals surface area contributed by atoms with E-state index in [4.69, 9.17) is 4.42 Å². The average molecular weight is 460 g/mol. The number of benzene rings is 3. The summed E-state index contributed by atoms with van der Waals surface area (Å²) in [4.78, 5) is 16.9. The lowest BCUT2D eigenvalue weighted by molar-refractivity contribution is 0.102. The fraction of sp³-hybridized carbons (Fsp3) is 0.120. The number of oxazole rings is 1. The normalized spacial score (nSPS) is 13.4. The summed E-state index contributed by atoms with van der Waals surface area (Å²) in [6.07, 6.45) is 4.52. The van der Waals surface area contributed by atoms with Gasteiger partial charge in [-0.2, -0.15) is 0 Å². The number of aromatic nitrogens is 1. The smallest absolute Gasteiger partial charge is 0.264 e. The van der Waals surface area contributed by atoms with Crippen molar-refractivity contribution in [3.8, 4) is 11.3 Å². The molecule has 7 nitrogen and oxygen atoms in total. The van der Waals surface area contributed by atoms with Crippen LogP contribution in [0, 0.1) is 0 Å². The van der Waals surface area contributed by atoms with Crippen molar-refractivity contribution >= 4 is 27.3 Å². The monoisotopic (exact) mass is 459 g/mol. The Labute approximate surface area is 191 Å². The van der Waals surface area contributed by atoms with Crippen LogP contribution in [0.2, 0.25) is 0 Å². The molecule has 0 spiro atoms. The molecule has 2 heterocycles. The van der Waals surface area contributed by atoms with Crippen LogP contribution < -0.4 is 9.62 Å². The highest BCUT2D eigenvalue weighted by molar-refractivity contribution is 7.92. The van der Waals surface area contributed by atoms with Gasteiger partial charge >= 0.3 is 0 Å². The predicted octanol–water partition coefficient (Wildman–Crippen LogP) is 4.74. The number of hydrogen-bond donors (Lipinski definition) is 1. The molecular formula is C25H21N3O4S. The molecule has 5 rings (SSSR count). The fourth-order valence-corrected chi connectivity index (χ4v) is 5.57. The quantitative estimate of drug-likeness (QED) is 0.466. The van der Waals surface area contributed by atoms with Crippen LogP contribution in [-0.4, -0.2) is 25.9 Å². The molecule has 0 saturated carbocycles. The summed E-state index contributed by atoms with van der Waals surface area (Å²) in [6, 6.07) is 20.8. The van der Waals surface area contributed by atoms with E-state index in [-0.39, 0.29) is 10.5 Å². The van der Waals surface area contributed by atoms with E-state index in [1.54, 1.807) is 36.5 Å². The van der Waals surface area contributed by atoms with Crippen molar-refractivity contribution in [1.29, 1.82) is 0 Å². The Bertz CT molecular complexity index is 1420. The lowest BCUT2D eigenvalue weighted by atomic mass is 10.0. The molecule has 0 saturated heterocycles. The molecule has 0 radical (unpaired) electrons. The van der Waals surface area contributed by atoms with Crippen LogP contribution in [0.15, 0.2) is 94.7 Å². The van der Waals surface area contributed by atoms with E-state index >= 15 is 0 Å². The number of nitrogens with one attached hydrogen (secondary N) is 1. The minimum absolute atomic E-state index is 0.0854. The van der Waals surface area contributed by atoms with Gasteiger partial charge in [0, 0.05) is 23.4 Å².